The van der Waals surface area contributed by atoms with E-state index in [1.54, 1.807) is 38.1 Å². The first-order chi connectivity index (χ1) is 9.93. The zero-order valence-corrected chi connectivity index (χ0v) is 11.7. The number of nitriles is 1. The molecular weight excluding hydrogens is 274 g/mol. The first-order valence-electron chi connectivity index (χ1n) is 6.18. The molecule has 0 aliphatic rings. The van der Waals surface area contributed by atoms with Crippen LogP contribution in [0, 0.1) is 11.3 Å². The molecule has 0 aliphatic heterocycles. The minimum absolute atomic E-state index is 0.201. The van der Waals surface area contributed by atoms with E-state index >= 15 is 0 Å². The average Bonchev–Trinajstić information content (AvgIpc) is 2.42. The van der Waals surface area contributed by atoms with Crippen molar-refractivity contribution in [1.82, 2.24) is 0 Å². The summed E-state index contributed by atoms with van der Waals surface area (Å²) < 4.78 is 9.98. The number of carbonyl (C=O) groups excluding carboxylic acids is 2. The Kier molecular flexibility index (Phi) is 5.96. The lowest BCUT2D eigenvalue weighted by Crippen LogP contribution is -2.29. The molecule has 0 saturated carbocycles. The quantitative estimate of drug-likeness (QED) is 0.433. The van der Waals surface area contributed by atoms with E-state index in [1.807, 2.05) is 0 Å². The summed E-state index contributed by atoms with van der Waals surface area (Å²) in [6.07, 6.45) is 0.939. The Bertz CT molecular complexity index is 598. The van der Waals surface area contributed by atoms with E-state index < -0.39 is 18.5 Å². The Morgan fingerprint density at radius 1 is 1.38 bits per heavy atom. The van der Waals surface area contributed by atoms with Crippen molar-refractivity contribution < 1.29 is 24.2 Å². The summed E-state index contributed by atoms with van der Waals surface area (Å²) in [6, 6.07) is 8.17. The molecule has 1 rings (SSSR count). The summed E-state index contributed by atoms with van der Waals surface area (Å²) in [4.78, 5) is 22.1. The third kappa shape index (κ3) is 5.37. The number of nitrogens with zero attached hydrogens (tertiary/aromatic N) is 1. The van der Waals surface area contributed by atoms with Crippen molar-refractivity contribution in [2.24, 2.45) is 0 Å². The Morgan fingerprint density at radius 3 is 2.62 bits per heavy atom. The van der Waals surface area contributed by atoms with Crippen LogP contribution in [0.15, 0.2) is 29.8 Å². The van der Waals surface area contributed by atoms with Gasteiger partial charge in [-0.3, -0.25) is 0 Å². The highest BCUT2D eigenvalue weighted by molar-refractivity contribution is 5.98. The van der Waals surface area contributed by atoms with Crippen LogP contribution in [0.4, 0.5) is 0 Å². The minimum Gasteiger partial charge on any atom is -0.546 e. The number of carboxylic acid groups (broad SMARTS) is 1. The van der Waals surface area contributed by atoms with E-state index in [9.17, 15) is 14.7 Å². The lowest BCUT2D eigenvalue weighted by atomic mass is 10.1. The third-order valence-electron chi connectivity index (χ3n) is 2.25. The summed E-state index contributed by atoms with van der Waals surface area (Å²) in [5.41, 5.74) is 0.198. The number of hydrogen-bond acceptors (Lipinski definition) is 6. The van der Waals surface area contributed by atoms with E-state index in [-0.39, 0.29) is 17.4 Å². The molecule has 0 amide bonds. The number of aliphatic carboxylic acids is 1. The molecule has 0 N–H and O–H groups in total. The second kappa shape index (κ2) is 7.70. The molecule has 6 nitrogen and oxygen atoms in total. The molecule has 21 heavy (non-hydrogen) atoms. The molecule has 0 bridgehead atoms. The highest BCUT2D eigenvalue weighted by Gasteiger charge is 2.13. The molecule has 1 aromatic carbocycles. The third-order valence-corrected chi connectivity index (χ3v) is 2.25. The predicted octanol–water partition coefficient (Wildman–Crippen LogP) is 0.674. The molecule has 0 atom stereocenters. The van der Waals surface area contributed by atoms with Gasteiger partial charge in [0.25, 0.3) is 0 Å². The topological polar surface area (TPSA) is 99.5 Å². The minimum atomic E-state index is -1.37. The molecule has 0 radical (unpaired) electrons. The standard InChI is InChI=1S/C15H15NO5/c1-10(2)21-15(19)12(8-16)7-11-5-3-4-6-13(11)20-9-14(17)18/h3-7,10H,9H2,1-2H3,(H,17,18)/p-1/b12-7+. The largest absolute Gasteiger partial charge is 0.546 e. The fourth-order valence-electron chi connectivity index (χ4n) is 1.44. The van der Waals surface area contributed by atoms with Gasteiger partial charge >= 0.3 is 5.97 Å². The van der Waals surface area contributed by atoms with Gasteiger partial charge in [-0.2, -0.15) is 5.26 Å². The molecule has 0 unspecified atom stereocenters. The number of rotatable bonds is 6. The number of esters is 1. The highest BCUT2D eigenvalue weighted by atomic mass is 16.5. The van der Waals surface area contributed by atoms with E-state index in [0.29, 0.717) is 5.56 Å². The Labute approximate surface area is 122 Å². The van der Waals surface area contributed by atoms with Crippen LogP contribution in [0.5, 0.6) is 5.75 Å². The summed E-state index contributed by atoms with van der Waals surface area (Å²) in [6.45, 7) is 2.72. The molecule has 1 aromatic rings. The van der Waals surface area contributed by atoms with Crippen LogP contribution in [0.25, 0.3) is 6.08 Å². The van der Waals surface area contributed by atoms with Crippen LogP contribution in [-0.2, 0) is 14.3 Å². The fourth-order valence-corrected chi connectivity index (χ4v) is 1.44. The van der Waals surface area contributed by atoms with Gasteiger partial charge in [-0.1, -0.05) is 18.2 Å². The van der Waals surface area contributed by atoms with E-state index in [4.69, 9.17) is 14.7 Å². The van der Waals surface area contributed by atoms with Gasteiger partial charge in [0.15, 0.2) is 0 Å². The van der Waals surface area contributed by atoms with Crippen molar-refractivity contribution >= 4 is 18.0 Å². The van der Waals surface area contributed by atoms with Gasteiger partial charge in [0.1, 0.15) is 24.0 Å². The summed E-state index contributed by atoms with van der Waals surface area (Å²) in [5, 5.41) is 19.4. The second-order valence-corrected chi connectivity index (χ2v) is 4.32. The van der Waals surface area contributed by atoms with Crippen molar-refractivity contribution in [2.75, 3.05) is 6.61 Å². The summed E-state index contributed by atoms with van der Waals surface area (Å²) >= 11 is 0. The number of carboxylic acids is 1. The predicted molar refractivity (Wildman–Crippen MR) is 71.8 cm³/mol. The Balaban J connectivity index is 3.03. The number of ether oxygens (including phenoxy) is 2. The zero-order valence-electron chi connectivity index (χ0n) is 11.7. The Morgan fingerprint density at radius 2 is 2.05 bits per heavy atom. The average molecular weight is 288 g/mol. The van der Waals surface area contributed by atoms with Crippen molar-refractivity contribution in [3.8, 4) is 11.8 Å². The van der Waals surface area contributed by atoms with Gasteiger partial charge < -0.3 is 19.4 Å². The van der Waals surface area contributed by atoms with Crippen LogP contribution >= 0.6 is 0 Å². The molecule has 0 fully saturated rings. The van der Waals surface area contributed by atoms with Gasteiger partial charge in [-0.05, 0) is 26.0 Å². The van der Waals surface area contributed by atoms with Crippen molar-refractivity contribution in [3.63, 3.8) is 0 Å². The van der Waals surface area contributed by atoms with Gasteiger partial charge in [0, 0.05) is 5.56 Å². The second-order valence-electron chi connectivity index (χ2n) is 4.32. The normalized spacial score (nSPS) is 10.9. The molecule has 0 heterocycles. The van der Waals surface area contributed by atoms with Crippen molar-refractivity contribution in [2.45, 2.75) is 20.0 Å². The molecule has 110 valence electrons. The smallest absolute Gasteiger partial charge is 0.349 e. The lowest BCUT2D eigenvalue weighted by molar-refractivity contribution is -0.307. The SMILES string of the molecule is CC(C)OC(=O)/C(C#N)=C/c1ccccc1OCC(=O)[O-]. The maximum atomic E-state index is 11.7. The Hall–Kier alpha value is -2.81. The summed E-state index contributed by atoms with van der Waals surface area (Å²) in [5.74, 6) is -1.89. The maximum Gasteiger partial charge on any atom is 0.349 e. The van der Waals surface area contributed by atoms with Crippen LogP contribution in [0.3, 0.4) is 0 Å². The van der Waals surface area contributed by atoms with Crippen molar-refractivity contribution in [3.05, 3.63) is 35.4 Å². The van der Waals surface area contributed by atoms with Gasteiger partial charge in [-0.15, -0.1) is 0 Å². The molecule has 0 aliphatic carbocycles. The maximum absolute atomic E-state index is 11.7. The molecule has 0 saturated heterocycles. The van der Waals surface area contributed by atoms with Gasteiger partial charge in [0.05, 0.1) is 12.1 Å². The van der Waals surface area contributed by atoms with Crippen LogP contribution in [-0.4, -0.2) is 24.6 Å². The van der Waals surface area contributed by atoms with E-state index in [2.05, 4.69) is 0 Å². The number of benzene rings is 1. The first kappa shape index (κ1) is 16.2. The van der Waals surface area contributed by atoms with E-state index in [0.717, 1.165) is 0 Å². The van der Waals surface area contributed by atoms with Crippen LogP contribution in [0.1, 0.15) is 19.4 Å². The number of carbonyl (C=O) groups is 2. The van der Waals surface area contributed by atoms with Crippen LogP contribution < -0.4 is 9.84 Å². The van der Waals surface area contributed by atoms with Gasteiger partial charge in [-0.25, -0.2) is 4.79 Å². The van der Waals surface area contributed by atoms with Gasteiger partial charge in [0.2, 0.25) is 0 Å². The zero-order chi connectivity index (χ0) is 15.8. The molecule has 0 aromatic heterocycles. The number of hydrogen-bond donors (Lipinski definition) is 0. The monoisotopic (exact) mass is 288 g/mol. The molecular formula is C15H14NO5-. The first-order valence-corrected chi connectivity index (χ1v) is 6.18. The lowest BCUT2D eigenvalue weighted by Gasteiger charge is -2.10. The van der Waals surface area contributed by atoms with Crippen molar-refractivity contribution in [1.29, 1.82) is 5.26 Å². The highest BCUT2D eigenvalue weighted by Crippen LogP contribution is 2.21. The molecule has 0 spiro atoms. The summed E-state index contributed by atoms with van der Waals surface area (Å²) in [7, 11) is 0. The number of para-hydroxylation sites is 1. The van der Waals surface area contributed by atoms with Crippen LogP contribution in [0.2, 0.25) is 0 Å². The van der Waals surface area contributed by atoms with E-state index in [1.165, 1.54) is 12.1 Å². The molecule has 6 heteroatoms. The fraction of sp³-hybridized carbons (Fsp3) is 0.267.